The Hall–Kier alpha value is -2.04. The van der Waals surface area contributed by atoms with Crippen molar-refractivity contribution in [2.75, 3.05) is 0 Å². The van der Waals surface area contributed by atoms with E-state index in [1.807, 2.05) is 0 Å². The summed E-state index contributed by atoms with van der Waals surface area (Å²) in [6.07, 6.45) is 0.259. The average molecular weight is 210 g/mol. The van der Waals surface area contributed by atoms with Crippen molar-refractivity contribution in [2.24, 2.45) is 0 Å². The molecule has 0 saturated carbocycles. The van der Waals surface area contributed by atoms with Gasteiger partial charge in [0, 0.05) is 5.56 Å². The molecule has 5 heteroatoms. The third-order valence-electron chi connectivity index (χ3n) is 2.10. The number of aromatic hydroxyl groups is 1. The summed E-state index contributed by atoms with van der Waals surface area (Å²) in [7, 11) is 0. The first-order valence-corrected chi connectivity index (χ1v) is 4.30. The lowest BCUT2D eigenvalue weighted by Crippen LogP contribution is -2.06. The third kappa shape index (κ3) is 1.90. The van der Waals surface area contributed by atoms with Gasteiger partial charge in [0.05, 0.1) is 5.56 Å². The van der Waals surface area contributed by atoms with E-state index in [9.17, 15) is 14.7 Å². The first kappa shape index (κ1) is 11.0. The van der Waals surface area contributed by atoms with Crippen molar-refractivity contribution in [3.05, 3.63) is 28.8 Å². The van der Waals surface area contributed by atoms with Gasteiger partial charge in [0.2, 0.25) is 0 Å². The van der Waals surface area contributed by atoms with Gasteiger partial charge >= 0.3 is 11.9 Å². The highest BCUT2D eigenvalue weighted by molar-refractivity contribution is 5.96. The maximum atomic E-state index is 10.8. The smallest absolute Gasteiger partial charge is 0.339 e. The summed E-state index contributed by atoms with van der Waals surface area (Å²) in [6, 6.07) is 2.27. The molecule has 80 valence electrons. The Morgan fingerprint density at radius 3 is 2.00 bits per heavy atom. The standard InChI is InChI=1S/C10H10O5/c1-2-5-6(9(12)13)3-4-7(8(5)11)10(14)15/h3-4,11H,2H2,1H3,(H,12,13)(H,14,15). The Morgan fingerprint density at radius 2 is 1.60 bits per heavy atom. The molecule has 0 unspecified atom stereocenters. The van der Waals surface area contributed by atoms with Crippen LogP contribution in [0.2, 0.25) is 0 Å². The van der Waals surface area contributed by atoms with Gasteiger partial charge < -0.3 is 15.3 Å². The van der Waals surface area contributed by atoms with Crippen molar-refractivity contribution in [1.82, 2.24) is 0 Å². The van der Waals surface area contributed by atoms with Gasteiger partial charge in [-0.25, -0.2) is 9.59 Å². The molecule has 0 radical (unpaired) electrons. The summed E-state index contributed by atoms with van der Waals surface area (Å²) in [5.74, 6) is -2.93. The minimum absolute atomic E-state index is 0.0694. The van der Waals surface area contributed by atoms with Crippen LogP contribution >= 0.6 is 0 Å². The molecule has 0 heterocycles. The normalized spacial score (nSPS) is 9.93. The zero-order valence-electron chi connectivity index (χ0n) is 8.02. The molecule has 1 aromatic carbocycles. The van der Waals surface area contributed by atoms with Crippen LogP contribution in [-0.2, 0) is 6.42 Å². The summed E-state index contributed by atoms with van der Waals surface area (Å²) < 4.78 is 0. The second kappa shape index (κ2) is 4.00. The molecule has 0 aliphatic rings. The van der Waals surface area contributed by atoms with E-state index in [-0.39, 0.29) is 23.1 Å². The molecular weight excluding hydrogens is 200 g/mol. The van der Waals surface area contributed by atoms with E-state index < -0.39 is 17.7 Å². The average Bonchev–Trinajstić information content (AvgIpc) is 2.16. The molecule has 0 fully saturated rings. The summed E-state index contributed by atoms with van der Waals surface area (Å²) in [6.45, 7) is 1.65. The van der Waals surface area contributed by atoms with Crippen LogP contribution in [0.5, 0.6) is 5.75 Å². The molecule has 1 rings (SSSR count). The highest BCUT2D eigenvalue weighted by atomic mass is 16.4. The van der Waals surface area contributed by atoms with Crippen LogP contribution in [-0.4, -0.2) is 27.3 Å². The van der Waals surface area contributed by atoms with Crippen LogP contribution in [0, 0.1) is 0 Å². The number of carboxylic acids is 2. The van der Waals surface area contributed by atoms with Crippen LogP contribution < -0.4 is 0 Å². The van der Waals surface area contributed by atoms with E-state index in [0.717, 1.165) is 6.07 Å². The summed E-state index contributed by atoms with van der Waals surface area (Å²) in [4.78, 5) is 21.4. The number of hydrogen-bond acceptors (Lipinski definition) is 3. The highest BCUT2D eigenvalue weighted by Crippen LogP contribution is 2.26. The van der Waals surface area contributed by atoms with Crippen molar-refractivity contribution >= 4 is 11.9 Å². The zero-order valence-corrected chi connectivity index (χ0v) is 8.02. The first-order chi connectivity index (χ1) is 6.99. The number of phenols is 1. The van der Waals surface area contributed by atoms with Gasteiger partial charge in [0.25, 0.3) is 0 Å². The Morgan fingerprint density at radius 1 is 1.13 bits per heavy atom. The Balaban J connectivity index is 3.45. The molecule has 0 bridgehead atoms. The molecule has 15 heavy (non-hydrogen) atoms. The quantitative estimate of drug-likeness (QED) is 0.699. The van der Waals surface area contributed by atoms with Crippen molar-refractivity contribution < 1.29 is 24.9 Å². The lowest BCUT2D eigenvalue weighted by molar-refractivity contribution is 0.0677. The fourth-order valence-corrected chi connectivity index (χ4v) is 1.37. The Labute approximate surface area is 85.6 Å². The topological polar surface area (TPSA) is 94.8 Å². The van der Waals surface area contributed by atoms with Crippen LogP contribution in [0.4, 0.5) is 0 Å². The molecule has 3 N–H and O–H groups in total. The molecule has 0 aromatic heterocycles. The van der Waals surface area contributed by atoms with Crippen LogP contribution in [0.25, 0.3) is 0 Å². The minimum atomic E-state index is -1.28. The SMILES string of the molecule is CCc1c(C(=O)O)ccc(C(=O)O)c1O. The molecule has 1 aromatic rings. The third-order valence-corrected chi connectivity index (χ3v) is 2.10. The van der Waals surface area contributed by atoms with Crippen molar-refractivity contribution in [3.8, 4) is 5.75 Å². The maximum Gasteiger partial charge on any atom is 0.339 e. The number of aromatic carboxylic acids is 2. The summed E-state index contributed by atoms with van der Waals surface area (Å²) >= 11 is 0. The van der Waals surface area contributed by atoms with Gasteiger partial charge in [0.15, 0.2) is 0 Å². The number of hydrogen-bond donors (Lipinski definition) is 3. The van der Waals surface area contributed by atoms with Crippen molar-refractivity contribution in [2.45, 2.75) is 13.3 Å². The molecule has 0 aliphatic heterocycles. The first-order valence-electron chi connectivity index (χ1n) is 4.30. The van der Waals surface area contributed by atoms with Gasteiger partial charge in [-0.1, -0.05) is 6.92 Å². The summed E-state index contributed by atoms with van der Waals surface area (Å²) in [5.41, 5.74) is -0.209. The molecule has 0 aliphatic carbocycles. The number of rotatable bonds is 3. The molecule has 0 amide bonds. The monoisotopic (exact) mass is 210 g/mol. The van der Waals surface area contributed by atoms with E-state index in [4.69, 9.17) is 10.2 Å². The predicted molar refractivity (Wildman–Crippen MR) is 51.4 cm³/mol. The van der Waals surface area contributed by atoms with Gasteiger partial charge in [-0.2, -0.15) is 0 Å². The highest BCUT2D eigenvalue weighted by Gasteiger charge is 2.18. The Bertz CT molecular complexity index is 422. The fourth-order valence-electron chi connectivity index (χ4n) is 1.37. The minimum Gasteiger partial charge on any atom is -0.507 e. The van der Waals surface area contributed by atoms with Crippen LogP contribution in [0.1, 0.15) is 33.2 Å². The van der Waals surface area contributed by atoms with Crippen molar-refractivity contribution in [1.29, 1.82) is 0 Å². The maximum absolute atomic E-state index is 10.8. The number of benzene rings is 1. The number of carbonyl (C=O) groups is 2. The molecule has 5 nitrogen and oxygen atoms in total. The van der Waals surface area contributed by atoms with Gasteiger partial charge in [-0.05, 0) is 18.6 Å². The second-order valence-electron chi connectivity index (χ2n) is 2.95. The van der Waals surface area contributed by atoms with Crippen LogP contribution in [0.15, 0.2) is 12.1 Å². The van der Waals surface area contributed by atoms with E-state index >= 15 is 0 Å². The van der Waals surface area contributed by atoms with E-state index in [1.54, 1.807) is 6.92 Å². The van der Waals surface area contributed by atoms with Crippen molar-refractivity contribution in [3.63, 3.8) is 0 Å². The van der Waals surface area contributed by atoms with Gasteiger partial charge in [-0.15, -0.1) is 0 Å². The van der Waals surface area contributed by atoms with Crippen LogP contribution in [0.3, 0.4) is 0 Å². The van der Waals surface area contributed by atoms with Gasteiger partial charge in [0.1, 0.15) is 11.3 Å². The zero-order chi connectivity index (χ0) is 11.6. The van der Waals surface area contributed by atoms with E-state index in [1.165, 1.54) is 6.07 Å². The molecule has 0 saturated heterocycles. The Kier molecular flexibility index (Phi) is 2.94. The second-order valence-corrected chi connectivity index (χ2v) is 2.95. The fraction of sp³-hybridized carbons (Fsp3) is 0.200. The van der Waals surface area contributed by atoms with Gasteiger partial charge in [-0.3, -0.25) is 0 Å². The largest absolute Gasteiger partial charge is 0.507 e. The summed E-state index contributed by atoms with van der Waals surface area (Å²) in [5, 5.41) is 27.0. The molecule has 0 spiro atoms. The lowest BCUT2D eigenvalue weighted by Gasteiger charge is -2.08. The molecule has 0 atom stereocenters. The van der Waals surface area contributed by atoms with E-state index in [2.05, 4.69) is 0 Å². The molecular formula is C10H10O5. The predicted octanol–water partition coefficient (Wildman–Crippen LogP) is 1.35. The van der Waals surface area contributed by atoms with E-state index in [0.29, 0.717) is 0 Å². The lowest BCUT2D eigenvalue weighted by atomic mass is 10.00. The number of carboxylic acid groups (broad SMARTS) is 2.